The molecule has 5 rings (SSSR count). The molecule has 192 valence electrons. The quantitative estimate of drug-likeness (QED) is 0.291. The molecule has 2 N–H and O–H groups in total. The number of hydrogen-bond donors (Lipinski definition) is 2. The number of carbonyl (C=O) groups excluding carboxylic acids is 1. The Hall–Kier alpha value is -4.86. The summed E-state index contributed by atoms with van der Waals surface area (Å²) in [7, 11) is 1.28. The maximum atomic E-state index is 14.8. The van der Waals surface area contributed by atoms with E-state index in [4.69, 9.17) is 4.74 Å². The van der Waals surface area contributed by atoms with Crippen molar-refractivity contribution in [1.82, 2.24) is 24.7 Å². The summed E-state index contributed by atoms with van der Waals surface area (Å²) in [6.45, 7) is 2.37. The van der Waals surface area contributed by atoms with E-state index in [1.54, 1.807) is 41.3 Å². The van der Waals surface area contributed by atoms with E-state index in [9.17, 15) is 13.6 Å². The number of ether oxygens (including phenoxy) is 1. The van der Waals surface area contributed by atoms with Crippen molar-refractivity contribution in [3.8, 4) is 17.0 Å². The van der Waals surface area contributed by atoms with E-state index in [1.165, 1.54) is 25.4 Å². The molecule has 8 nitrogen and oxygen atoms in total. The zero-order valence-corrected chi connectivity index (χ0v) is 20.7. The van der Waals surface area contributed by atoms with Crippen LogP contribution in [0, 0.1) is 11.6 Å². The number of imidazole rings is 1. The van der Waals surface area contributed by atoms with E-state index in [1.807, 2.05) is 25.1 Å². The van der Waals surface area contributed by atoms with Crippen molar-refractivity contribution >= 4 is 23.1 Å². The number of fused-ring (bicyclic) bond motifs is 1. The molecule has 0 unspecified atom stereocenters. The fraction of sp³-hybridized carbons (Fsp3) is 0.143. The van der Waals surface area contributed by atoms with E-state index in [0.29, 0.717) is 41.4 Å². The molecule has 10 heteroatoms. The molecule has 0 aliphatic heterocycles. The molecule has 0 fully saturated rings. The van der Waals surface area contributed by atoms with Crippen molar-refractivity contribution in [2.24, 2.45) is 0 Å². The number of halogens is 2. The van der Waals surface area contributed by atoms with Gasteiger partial charge < -0.3 is 15.4 Å². The molecular weight excluding hydrogens is 490 g/mol. The molecule has 0 saturated carbocycles. The summed E-state index contributed by atoms with van der Waals surface area (Å²) in [5.41, 5.74) is 3.94. The first-order valence-corrected chi connectivity index (χ1v) is 11.9. The molecule has 1 amide bonds. The molecule has 3 heterocycles. The minimum absolute atomic E-state index is 0.0448. The number of hydrogen-bond acceptors (Lipinski definition) is 6. The second-order valence-electron chi connectivity index (χ2n) is 8.44. The van der Waals surface area contributed by atoms with Crippen LogP contribution in [-0.4, -0.2) is 32.4 Å². The molecule has 0 radical (unpaired) electrons. The van der Waals surface area contributed by atoms with Crippen molar-refractivity contribution in [3.05, 3.63) is 102 Å². The van der Waals surface area contributed by atoms with Gasteiger partial charge in [0, 0.05) is 48.1 Å². The number of carbonyl (C=O) groups is 1. The van der Waals surface area contributed by atoms with Crippen LogP contribution >= 0.6 is 0 Å². The van der Waals surface area contributed by atoms with E-state index in [2.05, 4.69) is 25.6 Å². The Morgan fingerprint density at radius 3 is 2.61 bits per heavy atom. The predicted molar refractivity (Wildman–Crippen MR) is 139 cm³/mol. The van der Waals surface area contributed by atoms with Gasteiger partial charge in [0.25, 0.3) is 5.91 Å². The van der Waals surface area contributed by atoms with E-state index < -0.39 is 11.6 Å². The first kappa shape index (κ1) is 24.8. The van der Waals surface area contributed by atoms with Crippen LogP contribution in [0.3, 0.4) is 0 Å². The smallest absolute Gasteiger partial charge is 0.251 e. The summed E-state index contributed by atoms with van der Waals surface area (Å²) in [4.78, 5) is 25.6. The standard InChI is InChI=1S/C28H24F2N6O2/c1-3-18-14-19(4-5-20(18)28(37)34-15-17-8-10-31-11-9-17)35-26-27-33-16-22(36(27)13-12-32-26)21-6-7-23(38-2)25(30)24(21)29/h4-14,16H,3,15H2,1-2H3,(H,32,35)(H,34,37). The number of anilines is 2. The van der Waals surface area contributed by atoms with Gasteiger partial charge in [-0.05, 0) is 60.0 Å². The number of methoxy groups -OCH3 is 1. The van der Waals surface area contributed by atoms with Gasteiger partial charge in [-0.25, -0.2) is 14.4 Å². The normalized spacial score (nSPS) is 10.9. The number of nitrogens with zero attached hydrogens (tertiary/aromatic N) is 4. The second kappa shape index (κ2) is 10.6. The minimum atomic E-state index is -1.07. The van der Waals surface area contributed by atoms with Gasteiger partial charge in [0.15, 0.2) is 23.0 Å². The van der Waals surface area contributed by atoms with Crippen LogP contribution in [0.2, 0.25) is 0 Å². The third-order valence-corrected chi connectivity index (χ3v) is 6.17. The first-order chi connectivity index (χ1) is 18.5. The molecule has 0 aliphatic carbocycles. The molecule has 38 heavy (non-hydrogen) atoms. The number of nitrogens with one attached hydrogen (secondary N) is 2. The number of rotatable bonds is 8. The molecule has 3 aromatic heterocycles. The van der Waals surface area contributed by atoms with Crippen molar-refractivity contribution < 1.29 is 18.3 Å². The highest BCUT2D eigenvalue weighted by molar-refractivity contribution is 5.96. The van der Waals surface area contributed by atoms with Crippen molar-refractivity contribution in [2.45, 2.75) is 19.9 Å². The lowest BCUT2D eigenvalue weighted by molar-refractivity contribution is 0.0950. The Kier molecular flexibility index (Phi) is 6.94. The summed E-state index contributed by atoms with van der Waals surface area (Å²) in [5, 5.41) is 6.17. The van der Waals surface area contributed by atoms with Crippen LogP contribution < -0.4 is 15.4 Å². The Bertz CT molecular complexity index is 1620. The van der Waals surface area contributed by atoms with Crippen LogP contribution in [0.4, 0.5) is 20.3 Å². The van der Waals surface area contributed by atoms with Gasteiger partial charge in [-0.15, -0.1) is 0 Å². The summed E-state index contributed by atoms with van der Waals surface area (Å²) < 4.78 is 35.6. The highest BCUT2D eigenvalue weighted by Crippen LogP contribution is 2.31. The molecule has 0 saturated heterocycles. The van der Waals surface area contributed by atoms with Crippen LogP contribution in [0.5, 0.6) is 5.75 Å². The number of pyridine rings is 1. The van der Waals surface area contributed by atoms with Crippen molar-refractivity contribution in [1.29, 1.82) is 0 Å². The topological polar surface area (TPSA) is 93.4 Å². The van der Waals surface area contributed by atoms with Crippen molar-refractivity contribution in [2.75, 3.05) is 12.4 Å². The van der Waals surface area contributed by atoms with Crippen LogP contribution in [-0.2, 0) is 13.0 Å². The van der Waals surface area contributed by atoms with Gasteiger partial charge in [0.1, 0.15) is 0 Å². The fourth-order valence-corrected chi connectivity index (χ4v) is 4.19. The first-order valence-electron chi connectivity index (χ1n) is 11.9. The van der Waals surface area contributed by atoms with Gasteiger partial charge in [-0.1, -0.05) is 6.92 Å². The van der Waals surface area contributed by atoms with Gasteiger partial charge in [-0.3, -0.25) is 14.2 Å². The fourth-order valence-electron chi connectivity index (χ4n) is 4.19. The van der Waals surface area contributed by atoms with E-state index in [0.717, 1.165) is 11.1 Å². The zero-order valence-electron chi connectivity index (χ0n) is 20.7. The maximum Gasteiger partial charge on any atom is 0.251 e. The van der Waals surface area contributed by atoms with Gasteiger partial charge >= 0.3 is 0 Å². The average molecular weight is 515 g/mol. The molecular formula is C28H24F2N6O2. The average Bonchev–Trinajstić information content (AvgIpc) is 3.38. The van der Waals surface area contributed by atoms with E-state index >= 15 is 0 Å². The summed E-state index contributed by atoms with van der Waals surface area (Å²) >= 11 is 0. The minimum Gasteiger partial charge on any atom is -0.494 e. The third-order valence-electron chi connectivity index (χ3n) is 6.17. The van der Waals surface area contributed by atoms with Crippen LogP contribution in [0.25, 0.3) is 16.9 Å². The molecule has 5 aromatic rings. The zero-order chi connectivity index (χ0) is 26.6. The molecule has 0 aliphatic rings. The van der Waals surface area contributed by atoms with Crippen LogP contribution in [0.1, 0.15) is 28.4 Å². The number of benzene rings is 2. The Labute approximate surface area is 217 Å². The summed E-state index contributed by atoms with van der Waals surface area (Å²) in [6.07, 6.45) is 8.63. The Morgan fingerprint density at radius 2 is 1.84 bits per heavy atom. The highest BCUT2D eigenvalue weighted by atomic mass is 19.2. The van der Waals surface area contributed by atoms with Gasteiger partial charge in [0.2, 0.25) is 5.82 Å². The lowest BCUT2D eigenvalue weighted by Crippen LogP contribution is -2.24. The van der Waals surface area contributed by atoms with Gasteiger partial charge in [-0.2, -0.15) is 4.39 Å². The number of aryl methyl sites for hydroxylation is 1. The molecule has 0 spiro atoms. The summed E-state index contributed by atoms with van der Waals surface area (Å²) in [6, 6.07) is 11.9. The Morgan fingerprint density at radius 1 is 1.03 bits per heavy atom. The maximum absolute atomic E-state index is 14.8. The lowest BCUT2D eigenvalue weighted by atomic mass is 10.0. The predicted octanol–water partition coefficient (Wildman–Crippen LogP) is 5.31. The monoisotopic (exact) mass is 514 g/mol. The lowest BCUT2D eigenvalue weighted by Gasteiger charge is -2.13. The highest BCUT2D eigenvalue weighted by Gasteiger charge is 2.19. The SMILES string of the molecule is CCc1cc(Nc2nccn3c(-c4ccc(OC)c(F)c4F)cnc23)ccc1C(=O)NCc1ccncc1. The summed E-state index contributed by atoms with van der Waals surface area (Å²) in [5.74, 6) is -2.01. The number of aromatic nitrogens is 4. The van der Waals surface area contributed by atoms with Crippen molar-refractivity contribution in [3.63, 3.8) is 0 Å². The molecule has 0 atom stereocenters. The molecule has 0 bridgehead atoms. The third kappa shape index (κ3) is 4.75. The van der Waals surface area contributed by atoms with E-state index in [-0.39, 0.29) is 17.2 Å². The van der Waals surface area contributed by atoms with Gasteiger partial charge in [0.05, 0.1) is 19.0 Å². The molecule has 2 aromatic carbocycles. The number of amides is 1. The largest absolute Gasteiger partial charge is 0.494 e. The Balaban J connectivity index is 1.40. The second-order valence-corrected chi connectivity index (χ2v) is 8.44. The van der Waals surface area contributed by atoms with Crippen LogP contribution in [0.15, 0.2) is 73.4 Å².